The summed E-state index contributed by atoms with van der Waals surface area (Å²) >= 11 is 0. The fourth-order valence-corrected chi connectivity index (χ4v) is 5.71. The van der Waals surface area contributed by atoms with Crippen LogP contribution < -0.4 is 15.4 Å². The van der Waals surface area contributed by atoms with Crippen molar-refractivity contribution in [3.8, 4) is 5.75 Å². The number of aromatic amines is 1. The molecule has 12 heteroatoms. The smallest absolute Gasteiger partial charge is 0.418 e. The van der Waals surface area contributed by atoms with Gasteiger partial charge >= 0.3 is 6.18 Å². The van der Waals surface area contributed by atoms with E-state index in [1.165, 1.54) is 6.07 Å². The van der Waals surface area contributed by atoms with Crippen LogP contribution in [0.1, 0.15) is 41.3 Å². The number of nitrogens with one attached hydrogen (secondary N) is 3. The van der Waals surface area contributed by atoms with Gasteiger partial charge in [-0.3, -0.25) is 9.69 Å². The lowest BCUT2D eigenvalue weighted by Crippen LogP contribution is -2.44. The number of carbonyl (C=O) groups excluding carboxylic acids is 1. The normalized spacial score (nSPS) is 16.1. The SMILES string of the molecule is C=CCNc1cc(Nc2ccc(C(=O)N(C)CCC(CC)N3CCOCC3)c3c2OCC3)nc2[nH]cc(C(F)(F)F)c12. The van der Waals surface area contributed by atoms with Gasteiger partial charge in [-0.15, -0.1) is 6.58 Å². The van der Waals surface area contributed by atoms with Gasteiger partial charge in [0.15, 0.2) is 0 Å². The highest BCUT2D eigenvalue weighted by Crippen LogP contribution is 2.41. The lowest BCUT2D eigenvalue weighted by Gasteiger charge is -2.34. The first kappa shape index (κ1) is 29.7. The molecule has 0 spiro atoms. The van der Waals surface area contributed by atoms with Crippen molar-refractivity contribution in [2.24, 2.45) is 0 Å². The van der Waals surface area contributed by atoms with Crippen molar-refractivity contribution in [1.82, 2.24) is 19.8 Å². The van der Waals surface area contributed by atoms with Crippen LogP contribution in [0, 0.1) is 0 Å². The van der Waals surface area contributed by atoms with Crippen molar-refractivity contribution in [3.05, 3.63) is 53.7 Å². The Morgan fingerprint density at radius 3 is 2.76 bits per heavy atom. The molecule has 1 atom stereocenters. The molecule has 1 saturated heterocycles. The molecule has 3 N–H and O–H groups in total. The molecule has 1 aromatic carbocycles. The van der Waals surface area contributed by atoms with Gasteiger partial charge in [-0.25, -0.2) is 4.98 Å². The van der Waals surface area contributed by atoms with Crippen LogP contribution in [0.25, 0.3) is 11.0 Å². The van der Waals surface area contributed by atoms with Crippen molar-refractivity contribution < 1.29 is 27.4 Å². The van der Waals surface area contributed by atoms with Crippen LogP contribution in [-0.4, -0.2) is 84.8 Å². The number of carbonyl (C=O) groups is 1. The molecule has 1 fully saturated rings. The number of H-pyrrole nitrogens is 1. The van der Waals surface area contributed by atoms with E-state index in [-0.39, 0.29) is 29.2 Å². The van der Waals surface area contributed by atoms with Crippen LogP contribution in [0.15, 0.2) is 37.1 Å². The number of fused-ring (bicyclic) bond motifs is 2. The Hall–Kier alpha value is -3.77. The number of benzene rings is 1. The number of pyridine rings is 1. The summed E-state index contributed by atoms with van der Waals surface area (Å²) in [4.78, 5) is 24.8. The van der Waals surface area contributed by atoms with E-state index in [0.29, 0.717) is 48.4 Å². The number of hydrogen-bond acceptors (Lipinski definition) is 7. The molecule has 0 saturated carbocycles. The molecule has 4 heterocycles. The summed E-state index contributed by atoms with van der Waals surface area (Å²) in [6, 6.07) is 5.46. The minimum Gasteiger partial charge on any atom is -0.491 e. The molecule has 2 aliphatic heterocycles. The van der Waals surface area contributed by atoms with Crippen LogP contribution >= 0.6 is 0 Å². The maximum absolute atomic E-state index is 13.6. The Kier molecular flexibility index (Phi) is 8.93. The molecule has 2 aliphatic rings. The lowest BCUT2D eigenvalue weighted by molar-refractivity contribution is -0.136. The van der Waals surface area contributed by atoms with E-state index in [1.807, 2.05) is 7.05 Å². The molecular weight excluding hydrogens is 549 g/mol. The summed E-state index contributed by atoms with van der Waals surface area (Å²) in [7, 11) is 1.82. The van der Waals surface area contributed by atoms with E-state index >= 15 is 0 Å². The van der Waals surface area contributed by atoms with Gasteiger partial charge in [0.05, 0.1) is 36.5 Å². The molecule has 1 unspecified atom stereocenters. The number of aromatic nitrogens is 2. The second-order valence-electron chi connectivity index (χ2n) is 10.6. The minimum absolute atomic E-state index is 0.0423. The first-order valence-corrected chi connectivity index (χ1v) is 14.3. The predicted molar refractivity (Wildman–Crippen MR) is 157 cm³/mol. The van der Waals surface area contributed by atoms with Gasteiger partial charge in [0.25, 0.3) is 5.91 Å². The number of nitrogens with zero attached hydrogens (tertiary/aromatic N) is 3. The van der Waals surface area contributed by atoms with Gasteiger partial charge < -0.3 is 30.0 Å². The first-order valence-electron chi connectivity index (χ1n) is 14.3. The second kappa shape index (κ2) is 12.6. The zero-order valence-corrected chi connectivity index (χ0v) is 23.9. The van der Waals surface area contributed by atoms with E-state index < -0.39 is 11.7 Å². The third-order valence-corrected chi connectivity index (χ3v) is 7.91. The molecule has 5 rings (SSSR count). The highest BCUT2D eigenvalue weighted by atomic mass is 19.4. The van der Waals surface area contributed by atoms with Crippen molar-refractivity contribution in [1.29, 1.82) is 0 Å². The van der Waals surface area contributed by atoms with Crippen LogP contribution in [0.5, 0.6) is 5.75 Å². The van der Waals surface area contributed by atoms with Gasteiger partial charge in [0.2, 0.25) is 0 Å². The van der Waals surface area contributed by atoms with E-state index in [0.717, 1.165) is 50.9 Å². The van der Waals surface area contributed by atoms with Crippen molar-refractivity contribution in [2.45, 2.75) is 38.4 Å². The number of alkyl halides is 3. The molecule has 0 aliphatic carbocycles. The highest BCUT2D eigenvalue weighted by Gasteiger charge is 2.35. The van der Waals surface area contributed by atoms with E-state index in [9.17, 15) is 18.0 Å². The number of rotatable bonds is 11. The predicted octanol–water partition coefficient (Wildman–Crippen LogP) is 5.43. The molecule has 0 bridgehead atoms. The van der Waals surface area contributed by atoms with Crippen LogP contribution in [0.2, 0.25) is 0 Å². The summed E-state index contributed by atoms with van der Waals surface area (Å²) < 4.78 is 52.3. The topological polar surface area (TPSA) is 94.8 Å². The molecule has 0 radical (unpaired) electrons. The van der Waals surface area contributed by atoms with Crippen molar-refractivity contribution in [2.75, 3.05) is 63.7 Å². The Morgan fingerprint density at radius 1 is 1.26 bits per heavy atom. The lowest BCUT2D eigenvalue weighted by atomic mass is 10.0. The molecule has 2 aromatic heterocycles. The molecule has 3 aromatic rings. The molecule has 1 amide bonds. The molecule has 42 heavy (non-hydrogen) atoms. The number of halogens is 3. The van der Waals surface area contributed by atoms with Gasteiger partial charge in [-0.1, -0.05) is 13.0 Å². The second-order valence-corrected chi connectivity index (χ2v) is 10.6. The molecule has 226 valence electrons. The van der Waals surface area contributed by atoms with E-state index in [1.54, 1.807) is 23.1 Å². The average molecular weight is 587 g/mol. The number of hydrogen-bond donors (Lipinski definition) is 3. The highest BCUT2D eigenvalue weighted by molar-refractivity contribution is 5.98. The van der Waals surface area contributed by atoms with Gasteiger partial charge in [0, 0.05) is 74.8 Å². The van der Waals surface area contributed by atoms with Crippen molar-refractivity contribution in [3.63, 3.8) is 0 Å². The standard InChI is InChI=1S/C30H37F3N6O3/c1-4-10-34-24-17-25(37-28-26(24)22(18-35-28)30(31,32)33)36-23-7-6-21(20-9-14-42-27(20)23)29(40)38(3)11-8-19(5-2)39-12-15-41-16-13-39/h4,6-7,17-19H,1,5,8-16H2,2-3H3,(H3,34,35,36,37). The van der Waals surface area contributed by atoms with Gasteiger partial charge in [-0.2, -0.15) is 13.2 Å². The number of ether oxygens (including phenoxy) is 2. The summed E-state index contributed by atoms with van der Waals surface area (Å²) in [5.41, 5.74) is 1.55. The first-order chi connectivity index (χ1) is 20.2. The minimum atomic E-state index is -4.54. The Balaban J connectivity index is 1.36. The molecule has 9 nitrogen and oxygen atoms in total. The third-order valence-electron chi connectivity index (χ3n) is 7.91. The van der Waals surface area contributed by atoms with Crippen molar-refractivity contribution >= 4 is 34.1 Å². The zero-order valence-electron chi connectivity index (χ0n) is 23.9. The largest absolute Gasteiger partial charge is 0.491 e. The average Bonchev–Trinajstić information content (AvgIpc) is 3.65. The van der Waals surface area contributed by atoms with Crippen LogP contribution in [0.4, 0.5) is 30.4 Å². The van der Waals surface area contributed by atoms with Gasteiger partial charge in [-0.05, 0) is 25.0 Å². The van der Waals surface area contributed by atoms with Crippen LogP contribution in [0.3, 0.4) is 0 Å². The zero-order chi connectivity index (χ0) is 29.9. The van der Waals surface area contributed by atoms with Gasteiger partial charge in [0.1, 0.15) is 17.2 Å². The van der Waals surface area contributed by atoms with E-state index in [4.69, 9.17) is 9.47 Å². The number of morpholine rings is 1. The Labute approximate surface area is 243 Å². The summed E-state index contributed by atoms with van der Waals surface area (Å²) in [5, 5.41) is 6.14. The summed E-state index contributed by atoms with van der Waals surface area (Å²) in [6.07, 6.45) is 0.414. The number of amides is 1. The summed E-state index contributed by atoms with van der Waals surface area (Å²) in [6.45, 7) is 10.5. The molecular formula is C30H37F3N6O3. The summed E-state index contributed by atoms with van der Waals surface area (Å²) in [5.74, 6) is 0.813. The number of anilines is 3. The van der Waals surface area contributed by atoms with E-state index in [2.05, 4.69) is 39.0 Å². The fraction of sp³-hybridized carbons (Fsp3) is 0.467. The Morgan fingerprint density at radius 2 is 2.05 bits per heavy atom. The Bertz CT molecular complexity index is 1430. The quantitative estimate of drug-likeness (QED) is 0.258. The van der Waals surface area contributed by atoms with Crippen LogP contribution in [-0.2, 0) is 17.3 Å². The third kappa shape index (κ3) is 6.19. The monoisotopic (exact) mass is 586 g/mol. The maximum atomic E-state index is 13.6. The fourth-order valence-electron chi connectivity index (χ4n) is 5.71. The maximum Gasteiger partial charge on any atom is 0.418 e.